The first-order chi connectivity index (χ1) is 11.0. The molecule has 0 saturated carbocycles. The molecule has 0 amide bonds. The molecule has 2 heteroatoms. The standard InChI is InChI=1S/C21H21OSi/c1-23(2,3)22-20-16-10-15-19(17-11-6-4-7-12-17)21(20)18-13-8-5-9-14-18/h4-14,16H,1-3H3. The van der Waals surface area contributed by atoms with Crippen molar-refractivity contribution in [2.75, 3.05) is 0 Å². The summed E-state index contributed by atoms with van der Waals surface area (Å²) in [6, 6.07) is 28.2. The van der Waals surface area contributed by atoms with Gasteiger partial charge in [-0.05, 0) is 42.9 Å². The normalized spacial score (nSPS) is 11.3. The zero-order valence-corrected chi connectivity index (χ0v) is 14.8. The van der Waals surface area contributed by atoms with Crippen LogP contribution in [0.5, 0.6) is 5.75 Å². The predicted octanol–water partition coefficient (Wildman–Crippen LogP) is 6.03. The highest BCUT2D eigenvalue weighted by molar-refractivity contribution is 6.70. The van der Waals surface area contributed by atoms with E-state index in [1.54, 1.807) is 0 Å². The van der Waals surface area contributed by atoms with Crippen LogP contribution in [0.1, 0.15) is 0 Å². The first-order valence-corrected chi connectivity index (χ1v) is 11.3. The van der Waals surface area contributed by atoms with E-state index in [0.717, 1.165) is 28.0 Å². The van der Waals surface area contributed by atoms with Crippen molar-refractivity contribution in [1.29, 1.82) is 0 Å². The second-order valence-electron chi connectivity index (χ2n) is 6.54. The monoisotopic (exact) mass is 317 g/mol. The van der Waals surface area contributed by atoms with Crippen molar-refractivity contribution in [3.05, 3.63) is 78.9 Å². The van der Waals surface area contributed by atoms with E-state index in [-0.39, 0.29) is 0 Å². The molecule has 0 unspecified atom stereocenters. The Hall–Kier alpha value is -2.32. The van der Waals surface area contributed by atoms with Crippen LogP contribution in [0.3, 0.4) is 0 Å². The van der Waals surface area contributed by atoms with E-state index in [2.05, 4.69) is 74.2 Å². The highest BCUT2D eigenvalue weighted by atomic mass is 28.4. The Balaban J connectivity index is 2.22. The van der Waals surface area contributed by atoms with Crippen molar-refractivity contribution in [2.24, 2.45) is 0 Å². The molecule has 3 rings (SSSR count). The second kappa shape index (κ2) is 6.43. The lowest BCUT2D eigenvalue weighted by atomic mass is 9.94. The fraction of sp³-hybridized carbons (Fsp3) is 0.143. The highest BCUT2D eigenvalue weighted by Gasteiger charge is 2.20. The van der Waals surface area contributed by atoms with Gasteiger partial charge >= 0.3 is 0 Å². The first kappa shape index (κ1) is 15.6. The summed E-state index contributed by atoms with van der Waals surface area (Å²) < 4.78 is 6.37. The number of rotatable bonds is 4. The molecule has 1 radical (unpaired) electrons. The Morgan fingerprint density at radius 1 is 0.739 bits per heavy atom. The van der Waals surface area contributed by atoms with E-state index in [1.165, 1.54) is 0 Å². The molecule has 0 aromatic heterocycles. The van der Waals surface area contributed by atoms with Crippen LogP contribution in [0.25, 0.3) is 22.3 Å². The molecule has 0 aliphatic carbocycles. The Morgan fingerprint density at radius 2 is 1.30 bits per heavy atom. The lowest BCUT2D eigenvalue weighted by Crippen LogP contribution is -2.29. The molecule has 1 nitrogen and oxygen atoms in total. The summed E-state index contributed by atoms with van der Waals surface area (Å²) in [5.41, 5.74) is 4.54. The van der Waals surface area contributed by atoms with E-state index >= 15 is 0 Å². The quantitative estimate of drug-likeness (QED) is 0.533. The molecule has 0 fully saturated rings. The van der Waals surface area contributed by atoms with Gasteiger partial charge in [0, 0.05) is 11.1 Å². The summed E-state index contributed by atoms with van der Waals surface area (Å²) in [5, 5.41) is 0. The molecule has 0 spiro atoms. The van der Waals surface area contributed by atoms with Crippen molar-refractivity contribution in [3.8, 4) is 28.0 Å². The third kappa shape index (κ3) is 3.72. The zero-order chi connectivity index (χ0) is 16.3. The molecule has 0 N–H and O–H groups in total. The Kier molecular flexibility index (Phi) is 4.35. The molecule has 3 aromatic rings. The molecule has 0 heterocycles. The lowest BCUT2D eigenvalue weighted by molar-refractivity contribution is 0.560. The minimum atomic E-state index is -1.70. The van der Waals surface area contributed by atoms with E-state index in [1.807, 2.05) is 24.3 Å². The van der Waals surface area contributed by atoms with E-state index in [9.17, 15) is 0 Å². The van der Waals surface area contributed by atoms with Gasteiger partial charge in [0.25, 0.3) is 0 Å². The van der Waals surface area contributed by atoms with Crippen molar-refractivity contribution >= 4 is 8.32 Å². The maximum absolute atomic E-state index is 6.37. The SMILES string of the molecule is C[Si](C)(C)Oc1cc[c]c(-c2ccccc2)c1-c1ccccc1. The topological polar surface area (TPSA) is 9.23 Å². The molecule has 0 bridgehead atoms. The van der Waals surface area contributed by atoms with Gasteiger partial charge in [0.05, 0.1) is 0 Å². The third-order valence-corrected chi connectivity index (χ3v) is 4.33. The van der Waals surface area contributed by atoms with Gasteiger partial charge in [-0.15, -0.1) is 0 Å². The average molecular weight is 317 g/mol. The minimum Gasteiger partial charge on any atom is -0.544 e. The van der Waals surface area contributed by atoms with Gasteiger partial charge in [-0.25, -0.2) is 0 Å². The molecular formula is C21H21OSi. The molecule has 0 saturated heterocycles. The minimum absolute atomic E-state index is 0.952. The van der Waals surface area contributed by atoms with E-state index in [4.69, 9.17) is 4.43 Å². The average Bonchev–Trinajstić information content (AvgIpc) is 2.55. The number of benzene rings is 3. The van der Waals surface area contributed by atoms with E-state index in [0.29, 0.717) is 0 Å². The molecular weight excluding hydrogens is 296 g/mol. The van der Waals surface area contributed by atoms with Gasteiger partial charge in [0.2, 0.25) is 8.32 Å². The van der Waals surface area contributed by atoms with Gasteiger partial charge in [0.1, 0.15) is 5.75 Å². The fourth-order valence-corrected chi connectivity index (χ4v) is 3.45. The number of hydrogen-bond acceptors (Lipinski definition) is 1. The first-order valence-electron chi connectivity index (χ1n) is 7.89. The molecule has 0 aliphatic rings. The van der Waals surface area contributed by atoms with Crippen molar-refractivity contribution < 1.29 is 4.43 Å². The van der Waals surface area contributed by atoms with Gasteiger partial charge < -0.3 is 4.43 Å². The summed E-state index contributed by atoms with van der Waals surface area (Å²) in [5.74, 6) is 0.952. The summed E-state index contributed by atoms with van der Waals surface area (Å²) >= 11 is 0. The summed E-state index contributed by atoms with van der Waals surface area (Å²) in [6.07, 6.45) is 0. The van der Waals surface area contributed by atoms with Gasteiger partial charge in [-0.2, -0.15) is 0 Å². The highest BCUT2D eigenvalue weighted by Crippen LogP contribution is 2.39. The van der Waals surface area contributed by atoms with Crippen LogP contribution < -0.4 is 4.43 Å². The molecule has 3 aromatic carbocycles. The van der Waals surface area contributed by atoms with Crippen molar-refractivity contribution in [1.82, 2.24) is 0 Å². The molecule has 0 atom stereocenters. The Bertz CT molecular complexity index is 774. The van der Waals surface area contributed by atoms with Crippen LogP contribution in [-0.4, -0.2) is 8.32 Å². The van der Waals surface area contributed by atoms with Crippen molar-refractivity contribution in [3.63, 3.8) is 0 Å². The maximum Gasteiger partial charge on any atom is 0.242 e. The lowest BCUT2D eigenvalue weighted by Gasteiger charge is -2.23. The largest absolute Gasteiger partial charge is 0.544 e. The molecule has 23 heavy (non-hydrogen) atoms. The Morgan fingerprint density at radius 3 is 1.87 bits per heavy atom. The van der Waals surface area contributed by atoms with Crippen LogP contribution in [-0.2, 0) is 0 Å². The van der Waals surface area contributed by atoms with Gasteiger partial charge in [-0.3, -0.25) is 0 Å². The summed E-state index contributed by atoms with van der Waals surface area (Å²) in [6.45, 7) is 6.63. The van der Waals surface area contributed by atoms with Crippen LogP contribution in [0.15, 0.2) is 72.8 Å². The Labute approximate surface area is 139 Å². The summed E-state index contributed by atoms with van der Waals surface area (Å²) in [7, 11) is -1.70. The smallest absolute Gasteiger partial charge is 0.242 e. The zero-order valence-electron chi connectivity index (χ0n) is 13.8. The van der Waals surface area contributed by atoms with Crippen LogP contribution >= 0.6 is 0 Å². The maximum atomic E-state index is 6.37. The molecule has 115 valence electrons. The second-order valence-corrected chi connectivity index (χ2v) is 11.0. The van der Waals surface area contributed by atoms with E-state index < -0.39 is 8.32 Å². The molecule has 0 aliphatic heterocycles. The fourth-order valence-electron chi connectivity index (χ4n) is 2.62. The summed E-state index contributed by atoms with van der Waals surface area (Å²) in [4.78, 5) is 0. The predicted molar refractivity (Wildman–Crippen MR) is 100 cm³/mol. The van der Waals surface area contributed by atoms with Crippen LogP contribution in [0, 0.1) is 6.07 Å². The van der Waals surface area contributed by atoms with Crippen LogP contribution in [0.2, 0.25) is 19.6 Å². The van der Waals surface area contributed by atoms with Crippen LogP contribution in [0.4, 0.5) is 0 Å². The van der Waals surface area contributed by atoms with Crippen molar-refractivity contribution in [2.45, 2.75) is 19.6 Å². The third-order valence-electron chi connectivity index (χ3n) is 3.50. The van der Waals surface area contributed by atoms with Gasteiger partial charge in [-0.1, -0.05) is 66.7 Å². The number of hydrogen-bond donors (Lipinski definition) is 0. The van der Waals surface area contributed by atoms with Gasteiger partial charge in [0.15, 0.2) is 0 Å².